The third kappa shape index (κ3) is 3.33. The molecule has 0 aliphatic heterocycles. The molecule has 2 N–H and O–H groups in total. The topological polar surface area (TPSA) is 43.8 Å². The number of nitrogens with zero attached hydrogens (tertiary/aromatic N) is 2. The molecule has 1 aromatic heterocycles. The number of anilines is 1. The molecule has 0 spiro atoms. The average molecular weight is 314 g/mol. The Bertz CT molecular complexity index is 704. The van der Waals surface area contributed by atoms with Crippen molar-refractivity contribution >= 4 is 44.9 Å². The molecule has 1 aromatic carbocycles. The van der Waals surface area contributed by atoms with Crippen LogP contribution in [0.5, 0.6) is 0 Å². The van der Waals surface area contributed by atoms with Crippen LogP contribution in [-0.2, 0) is 11.5 Å². The van der Waals surface area contributed by atoms with Gasteiger partial charge in [0.05, 0.1) is 23.5 Å². The normalized spacial score (nSPS) is 13.2. The lowest BCUT2D eigenvalue weighted by atomic mass is 9.26. The predicted molar refractivity (Wildman–Crippen MR) is 100 cm³/mol. The van der Waals surface area contributed by atoms with Crippen LogP contribution in [0, 0.1) is 0 Å². The van der Waals surface area contributed by atoms with Crippen LogP contribution in [0.2, 0.25) is 5.11 Å². The molecule has 0 radical (unpaired) electrons. The first-order chi connectivity index (χ1) is 10.3. The fourth-order valence-electron chi connectivity index (χ4n) is 2.14. The summed E-state index contributed by atoms with van der Waals surface area (Å²) in [7, 11) is 9.80. The van der Waals surface area contributed by atoms with Crippen LogP contribution in [0.4, 0.5) is 18.9 Å². The van der Waals surface area contributed by atoms with Crippen molar-refractivity contribution in [1.82, 2.24) is 9.55 Å². The molecule has 11 heteroatoms. The summed E-state index contributed by atoms with van der Waals surface area (Å²) in [4.78, 5) is 3.86. The maximum atomic E-state index is 13.1. The lowest BCUT2D eigenvalue weighted by Gasteiger charge is -2.42. The van der Waals surface area contributed by atoms with E-state index in [9.17, 15) is 13.2 Å². The van der Waals surface area contributed by atoms with Gasteiger partial charge in [-0.2, -0.15) is 13.2 Å². The summed E-state index contributed by atoms with van der Waals surface area (Å²) in [5, 5.41) is -0.834. The molecule has 3 nitrogen and oxygen atoms in total. The summed E-state index contributed by atoms with van der Waals surface area (Å²) in [6, 6.07) is 6.69. The van der Waals surface area contributed by atoms with Gasteiger partial charge in [-0.3, -0.25) is 0 Å². The van der Waals surface area contributed by atoms with Gasteiger partial charge in [0.25, 0.3) is 0 Å². The van der Waals surface area contributed by atoms with Gasteiger partial charge in [-0.15, -0.1) is 5.11 Å². The number of nitrogens with two attached hydrogens (primary N) is 1. The number of nitrogen functional groups attached to an aromatic ring is 1. The van der Waals surface area contributed by atoms with E-state index < -0.39 is 17.2 Å². The Morgan fingerprint density at radius 3 is 1.91 bits per heavy atom. The zero-order valence-corrected chi connectivity index (χ0v) is 14.0. The van der Waals surface area contributed by atoms with Gasteiger partial charge in [-0.25, -0.2) is 4.98 Å². The summed E-state index contributed by atoms with van der Waals surface area (Å²) in [6.45, 7) is 0. The van der Waals surface area contributed by atoms with Crippen molar-refractivity contribution in [3.63, 3.8) is 0 Å². The minimum absolute atomic E-state index is 0.265. The molecule has 0 aliphatic rings. The van der Waals surface area contributed by atoms with Crippen LogP contribution in [0.15, 0.2) is 30.5 Å². The average Bonchev–Trinajstić information content (AvgIpc) is 2.83. The molecule has 0 saturated carbocycles. The van der Waals surface area contributed by atoms with Crippen molar-refractivity contribution in [2.24, 2.45) is 0 Å². The fraction of sp³-hybridized carbons (Fsp3) is 0.250. The SMILES string of the molecule is BC(B)(B)C(B)(B)n1cc(C(F)(F)F)nc1-c1ccc(N)cc1. The van der Waals surface area contributed by atoms with Gasteiger partial charge >= 0.3 is 6.18 Å². The maximum absolute atomic E-state index is 13.1. The molecule has 0 bridgehead atoms. The van der Waals surface area contributed by atoms with E-state index in [0.29, 0.717) is 11.3 Å². The van der Waals surface area contributed by atoms with Crippen molar-refractivity contribution in [3.8, 4) is 11.4 Å². The molecule has 0 amide bonds. The first kappa shape index (κ1) is 17.7. The molecule has 1 heterocycles. The third-order valence-corrected chi connectivity index (χ3v) is 4.60. The smallest absolute Gasteiger partial charge is 0.399 e. The monoisotopic (exact) mass is 315 g/mol. The Kier molecular flexibility index (Phi) is 4.20. The largest absolute Gasteiger partial charge is 0.434 e. The molecule has 0 fully saturated rings. The highest BCUT2D eigenvalue weighted by Gasteiger charge is 2.40. The number of rotatable bonds is 3. The predicted octanol–water partition coefficient (Wildman–Crippen LogP) is -2.00. The van der Waals surface area contributed by atoms with E-state index in [1.54, 1.807) is 28.8 Å². The number of benzene rings is 1. The number of hydrogen-bond acceptors (Lipinski definition) is 2. The van der Waals surface area contributed by atoms with E-state index in [1.807, 2.05) is 39.2 Å². The highest BCUT2D eigenvalue weighted by Crippen LogP contribution is 2.37. The second-order valence-electron chi connectivity index (χ2n) is 7.25. The van der Waals surface area contributed by atoms with Crippen molar-refractivity contribution in [2.45, 2.75) is 16.6 Å². The van der Waals surface area contributed by atoms with Crippen LogP contribution in [0.1, 0.15) is 5.69 Å². The summed E-state index contributed by atoms with van der Waals surface area (Å²) < 4.78 is 41.1. The van der Waals surface area contributed by atoms with Gasteiger partial charge in [0, 0.05) is 17.4 Å². The van der Waals surface area contributed by atoms with E-state index in [1.165, 1.54) is 0 Å². The second-order valence-corrected chi connectivity index (χ2v) is 7.25. The van der Waals surface area contributed by atoms with Gasteiger partial charge in [-0.05, 0) is 29.6 Å². The van der Waals surface area contributed by atoms with E-state index in [-0.39, 0.29) is 10.9 Å². The molecule has 23 heavy (non-hydrogen) atoms. The Morgan fingerprint density at radius 2 is 1.48 bits per heavy atom. The number of aromatic nitrogens is 2. The van der Waals surface area contributed by atoms with Crippen molar-refractivity contribution in [3.05, 3.63) is 36.2 Å². The molecule has 0 atom stereocenters. The fourth-order valence-corrected chi connectivity index (χ4v) is 2.14. The summed E-state index contributed by atoms with van der Waals surface area (Å²) in [5.74, 6) is 0.289. The Hall–Kier alpha value is -1.66. The van der Waals surface area contributed by atoms with E-state index in [0.717, 1.165) is 6.20 Å². The van der Waals surface area contributed by atoms with E-state index in [4.69, 9.17) is 5.73 Å². The Morgan fingerprint density at radius 1 is 0.957 bits per heavy atom. The van der Waals surface area contributed by atoms with Crippen molar-refractivity contribution in [1.29, 1.82) is 0 Å². The Balaban J connectivity index is 2.70. The van der Waals surface area contributed by atoms with Gasteiger partial charge in [0.15, 0.2) is 5.69 Å². The molecular weight excluding hydrogens is 297 g/mol. The first-order valence-corrected chi connectivity index (χ1v) is 7.37. The first-order valence-electron chi connectivity index (χ1n) is 7.37. The van der Waals surface area contributed by atoms with E-state index >= 15 is 0 Å². The number of imidazole rings is 1. The van der Waals surface area contributed by atoms with Crippen LogP contribution >= 0.6 is 0 Å². The third-order valence-electron chi connectivity index (χ3n) is 4.60. The van der Waals surface area contributed by atoms with Gasteiger partial charge in [-0.1, -0.05) is 0 Å². The highest BCUT2D eigenvalue weighted by molar-refractivity contribution is 6.66. The van der Waals surface area contributed by atoms with Crippen molar-refractivity contribution in [2.75, 3.05) is 5.73 Å². The van der Waals surface area contributed by atoms with Crippen molar-refractivity contribution < 1.29 is 13.2 Å². The number of halogens is 3. The minimum Gasteiger partial charge on any atom is -0.399 e. The lowest BCUT2D eigenvalue weighted by molar-refractivity contribution is -0.140. The standard InChI is InChI=1S/C12H17B5F3N3/c13-11(14,15)12(16,17)23-5-8(10(18,19)20)22-9(23)6-1-3-7(21)4-2-6/h1-5H,13-17,21H2. The quantitative estimate of drug-likeness (QED) is 0.526. The number of hydrogen-bond donors (Lipinski definition) is 1. The van der Waals surface area contributed by atoms with Crippen LogP contribution in [0.3, 0.4) is 0 Å². The molecular formula is C12H17B5F3N3. The van der Waals surface area contributed by atoms with Crippen LogP contribution in [-0.4, -0.2) is 48.8 Å². The molecule has 116 valence electrons. The molecule has 2 aromatic rings. The lowest BCUT2D eigenvalue weighted by Crippen LogP contribution is -2.48. The number of alkyl halides is 3. The molecule has 2 rings (SSSR count). The Labute approximate surface area is 138 Å². The minimum atomic E-state index is -4.48. The highest BCUT2D eigenvalue weighted by atomic mass is 19.4. The zero-order chi connectivity index (χ0) is 17.6. The summed E-state index contributed by atoms with van der Waals surface area (Å²) in [6.07, 6.45) is -3.39. The van der Waals surface area contributed by atoms with Gasteiger partial charge < -0.3 is 10.3 Å². The molecule has 0 unspecified atom stereocenters. The summed E-state index contributed by atoms with van der Waals surface area (Å²) in [5.41, 5.74) is 5.94. The van der Waals surface area contributed by atoms with Crippen LogP contribution < -0.4 is 5.73 Å². The molecule has 0 saturated heterocycles. The maximum Gasteiger partial charge on any atom is 0.434 e. The van der Waals surface area contributed by atoms with Gasteiger partial charge in [0.1, 0.15) is 21.5 Å². The zero-order valence-electron chi connectivity index (χ0n) is 14.0. The van der Waals surface area contributed by atoms with Crippen LogP contribution in [0.25, 0.3) is 11.4 Å². The van der Waals surface area contributed by atoms with Gasteiger partial charge in [0.2, 0.25) is 0 Å². The summed E-state index contributed by atoms with van der Waals surface area (Å²) >= 11 is 0. The molecule has 0 aliphatic carbocycles. The van der Waals surface area contributed by atoms with E-state index in [2.05, 4.69) is 4.98 Å². The second kappa shape index (κ2) is 5.46.